The van der Waals surface area contributed by atoms with E-state index >= 15 is 0 Å². The normalized spacial score (nSPS) is 12.7. The van der Waals surface area contributed by atoms with Gasteiger partial charge in [-0.15, -0.1) is 0 Å². The molecule has 2 aromatic rings. The van der Waals surface area contributed by atoms with Crippen LogP contribution >= 0.6 is 0 Å². The Morgan fingerprint density at radius 1 is 1.25 bits per heavy atom. The first-order chi connectivity index (χ1) is 9.41. The summed E-state index contributed by atoms with van der Waals surface area (Å²) in [5.41, 5.74) is 2.00. The fraction of sp³-hybridized carbons (Fsp3) is 0.400. The molecule has 2 aromatic heterocycles. The highest BCUT2D eigenvalue weighted by atomic mass is 16.5. The van der Waals surface area contributed by atoms with Crippen molar-refractivity contribution in [2.45, 2.75) is 39.7 Å². The molecule has 0 aromatic carbocycles. The number of ketones is 1. The lowest BCUT2D eigenvalue weighted by molar-refractivity contribution is -0.143. The molecule has 106 valence electrons. The van der Waals surface area contributed by atoms with Crippen LogP contribution in [0.3, 0.4) is 0 Å². The minimum atomic E-state index is -0.807. The number of esters is 1. The minimum absolute atomic E-state index is 0.110. The van der Waals surface area contributed by atoms with Crippen molar-refractivity contribution >= 4 is 17.3 Å². The fourth-order valence-electron chi connectivity index (χ4n) is 2.18. The SMILES string of the molecule is CC(=O)OC(C)C(=O)c1c(C(C)C)nn2ccccc12. The molecule has 0 aliphatic rings. The van der Waals surface area contributed by atoms with Gasteiger partial charge in [0.05, 0.1) is 16.8 Å². The van der Waals surface area contributed by atoms with Crippen LogP contribution in [-0.2, 0) is 9.53 Å². The largest absolute Gasteiger partial charge is 0.454 e. The molecule has 1 atom stereocenters. The van der Waals surface area contributed by atoms with Crippen molar-refractivity contribution in [3.05, 3.63) is 35.7 Å². The van der Waals surface area contributed by atoms with Crippen LogP contribution in [0.4, 0.5) is 0 Å². The Balaban J connectivity index is 2.53. The molecule has 1 unspecified atom stereocenters. The van der Waals surface area contributed by atoms with Crippen LogP contribution in [0.25, 0.3) is 5.52 Å². The summed E-state index contributed by atoms with van der Waals surface area (Å²) in [6.07, 6.45) is 0.993. The number of hydrogen-bond acceptors (Lipinski definition) is 4. The number of aromatic nitrogens is 2. The maximum Gasteiger partial charge on any atom is 0.303 e. The Bertz CT molecular complexity index is 658. The molecule has 0 saturated carbocycles. The second-order valence-electron chi connectivity index (χ2n) is 5.06. The number of nitrogens with zero attached hydrogens (tertiary/aromatic N) is 2. The molecule has 0 N–H and O–H groups in total. The molecule has 20 heavy (non-hydrogen) atoms. The van der Waals surface area contributed by atoms with E-state index in [0.717, 1.165) is 11.2 Å². The number of pyridine rings is 1. The van der Waals surface area contributed by atoms with Crippen molar-refractivity contribution in [2.24, 2.45) is 0 Å². The zero-order valence-electron chi connectivity index (χ0n) is 12.1. The average Bonchev–Trinajstić information content (AvgIpc) is 2.76. The van der Waals surface area contributed by atoms with Crippen LogP contribution < -0.4 is 0 Å². The van der Waals surface area contributed by atoms with E-state index in [2.05, 4.69) is 5.10 Å². The smallest absolute Gasteiger partial charge is 0.303 e. The lowest BCUT2D eigenvalue weighted by atomic mass is 9.99. The molecular weight excluding hydrogens is 256 g/mol. The molecule has 0 saturated heterocycles. The van der Waals surface area contributed by atoms with E-state index in [0.29, 0.717) is 5.56 Å². The predicted octanol–water partition coefficient (Wildman–Crippen LogP) is 2.59. The third-order valence-corrected chi connectivity index (χ3v) is 3.07. The van der Waals surface area contributed by atoms with Gasteiger partial charge < -0.3 is 4.74 Å². The van der Waals surface area contributed by atoms with Gasteiger partial charge in [-0.3, -0.25) is 9.59 Å². The summed E-state index contributed by atoms with van der Waals surface area (Å²) in [7, 11) is 0. The van der Waals surface area contributed by atoms with Crippen LogP contribution in [0.2, 0.25) is 0 Å². The molecular formula is C15H18N2O3. The summed E-state index contributed by atoms with van der Waals surface area (Å²) in [5, 5.41) is 4.45. The quantitative estimate of drug-likeness (QED) is 0.635. The van der Waals surface area contributed by atoms with Crippen LogP contribution in [0.5, 0.6) is 0 Å². The summed E-state index contributed by atoms with van der Waals surface area (Å²) in [4.78, 5) is 23.6. The van der Waals surface area contributed by atoms with Crippen molar-refractivity contribution in [1.82, 2.24) is 9.61 Å². The standard InChI is InChI=1S/C15H18N2O3/c1-9(2)14-13(15(19)10(3)20-11(4)18)12-7-5-6-8-17(12)16-14/h5-10H,1-4H3. The van der Waals surface area contributed by atoms with E-state index < -0.39 is 12.1 Å². The van der Waals surface area contributed by atoms with E-state index in [-0.39, 0.29) is 11.7 Å². The second kappa shape index (κ2) is 5.45. The molecule has 2 rings (SSSR count). The Hall–Kier alpha value is -2.17. The van der Waals surface area contributed by atoms with Crippen molar-refractivity contribution in [3.63, 3.8) is 0 Å². The van der Waals surface area contributed by atoms with Gasteiger partial charge in [-0.05, 0) is 25.0 Å². The van der Waals surface area contributed by atoms with E-state index in [4.69, 9.17) is 4.74 Å². The van der Waals surface area contributed by atoms with Gasteiger partial charge in [0.1, 0.15) is 0 Å². The van der Waals surface area contributed by atoms with Crippen LogP contribution in [0.1, 0.15) is 49.7 Å². The van der Waals surface area contributed by atoms with Gasteiger partial charge in [-0.25, -0.2) is 4.52 Å². The summed E-state index contributed by atoms with van der Waals surface area (Å²) in [6.45, 7) is 6.84. The summed E-state index contributed by atoms with van der Waals surface area (Å²) >= 11 is 0. The summed E-state index contributed by atoms with van der Waals surface area (Å²) in [6, 6.07) is 5.55. The first kappa shape index (κ1) is 14.2. The molecule has 2 heterocycles. The first-order valence-electron chi connectivity index (χ1n) is 6.60. The van der Waals surface area contributed by atoms with Crippen LogP contribution in [0.15, 0.2) is 24.4 Å². The molecule has 0 fully saturated rings. The highest BCUT2D eigenvalue weighted by Crippen LogP contribution is 2.24. The third kappa shape index (κ3) is 2.57. The van der Waals surface area contributed by atoms with Gasteiger partial charge >= 0.3 is 5.97 Å². The van der Waals surface area contributed by atoms with E-state index in [9.17, 15) is 9.59 Å². The Morgan fingerprint density at radius 3 is 2.55 bits per heavy atom. The molecule has 0 aliphatic heterocycles. The van der Waals surface area contributed by atoms with Crippen LogP contribution in [0, 0.1) is 0 Å². The van der Waals surface area contributed by atoms with Gasteiger partial charge in [0.25, 0.3) is 0 Å². The number of carbonyl (C=O) groups is 2. The van der Waals surface area contributed by atoms with Gasteiger partial charge in [0.15, 0.2) is 6.10 Å². The molecule has 0 spiro atoms. The molecule has 0 radical (unpaired) electrons. The molecule has 5 nitrogen and oxygen atoms in total. The Morgan fingerprint density at radius 2 is 1.95 bits per heavy atom. The van der Waals surface area contributed by atoms with Crippen molar-refractivity contribution < 1.29 is 14.3 Å². The van der Waals surface area contributed by atoms with Crippen molar-refractivity contribution in [1.29, 1.82) is 0 Å². The second-order valence-corrected chi connectivity index (χ2v) is 5.06. The molecule has 0 bridgehead atoms. The summed E-state index contributed by atoms with van der Waals surface area (Å²) in [5.74, 6) is -0.572. The van der Waals surface area contributed by atoms with Crippen LogP contribution in [-0.4, -0.2) is 27.5 Å². The lowest BCUT2D eigenvalue weighted by Crippen LogP contribution is -2.24. The number of ether oxygens (including phenoxy) is 1. The average molecular weight is 274 g/mol. The topological polar surface area (TPSA) is 60.7 Å². The third-order valence-electron chi connectivity index (χ3n) is 3.07. The lowest BCUT2D eigenvalue weighted by Gasteiger charge is -2.12. The van der Waals surface area contributed by atoms with E-state index in [1.165, 1.54) is 6.92 Å². The van der Waals surface area contributed by atoms with E-state index in [1.807, 2.05) is 32.0 Å². The summed E-state index contributed by atoms with van der Waals surface area (Å²) < 4.78 is 6.68. The van der Waals surface area contributed by atoms with Gasteiger partial charge in [0.2, 0.25) is 5.78 Å². The number of carbonyl (C=O) groups excluding carboxylic acids is 2. The monoisotopic (exact) mass is 274 g/mol. The van der Waals surface area contributed by atoms with Gasteiger partial charge in [0, 0.05) is 13.1 Å². The Labute approximate surface area is 117 Å². The van der Waals surface area contributed by atoms with Gasteiger partial charge in [-0.1, -0.05) is 19.9 Å². The minimum Gasteiger partial charge on any atom is -0.454 e. The number of Topliss-reactive ketones (excluding diaryl/α,β-unsaturated/α-hetero) is 1. The maximum atomic E-state index is 12.5. The zero-order chi connectivity index (χ0) is 14.9. The first-order valence-corrected chi connectivity index (χ1v) is 6.60. The van der Waals surface area contributed by atoms with Crippen molar-refractivity contribution in [2.75, 3.05) is 0 Å². The van der Waals surface area contributed by atoms with Gasteiger partial charge in [-0.2, -0.15) is 5.10 Å². The molecule has 0 aliphatic carbocycles. The number of rotatable bonds is 4. The Kier molecular flexibility index (Phi) is 3.88. The van der Waals surface area contributed by atoms with Crippen molar-refractivity contribution in [3.8, 4) is 0 Å². The fourth-order valence-corrected chi connectivity index (χ4v) is 2.18. The number of hydrogen-bond donors (Lipinski definition) is 0. The highest BCUT2D eigenvalue weighted by Gasteiger charge is 2.26. The maximum absolute atomic E-state index is 12.5. The van der Waals surface area contributed by atoms with E-state index in [1.54, 1.807) is 17.6 Å². The predicted molar refractivity (Wildman–Crippen MR) is 74.8 cm³/mol. The molecule has 0 amide bonds. The highest BCUT2D eigenvalue weighted by molar-refractivity contribution is 6.06. The number of fused-ring (bicyclic) bond motifs is 1. The zero-order valence-corrected chi connectivity index (χ0v) is 12.1. The molecule has 5 heteroatoms.